The van der Waals surface area contributed by atoms with Crippen molar-refractivity contribution in [1.29, 1.82) is 0 Å². The van der Waals surface area contributed by atoms with Crippen LogP contribution in [0.15, 0.2) is 18.2 Å². The molecule has 124 valence electrons. The first-order valence-corrected chi connectivity index (χ1v) is 8.48. The lowest BCUT2D eigenvalue weighted by atomic mass is 10.0. The van der Waals surface area contributed by atoms with Crippen LogP contribution in [0, 0.1) is 13.8 Å². The largest absolute Gasteiger partial charge is 0.358 e. The van der Waals surface area contributed by atoms with Gasteiger partial charge in [0.15, 0.2) is 0 Å². The molecule has 2 aromatic heterocycles. The van der Waals surface area contributed by atoms with E-state index < -0.39 is 0 Å². The van der Waals surface area contributed by atoms with Gasteiger partial charge in [0.1, 0.15) is 0 Å². The number of hydrogen-bond acceptors (Lipinski definition) is 2. The number of hydrogen-bond donors (Lipinski definition) is 2. The van der Waals surface area contributed by atoms with Crippen LogP contribution in [0.2, 0.25) is 5.02 Å². The summed E-state index contributed by atoms with van der Waals surface area (Å²) >= 11 is 6.14. The molecule has 1 amide bonds. The van der Waals surface area contributed by atoms with Crippen LogP contribution in [0.4, 0.5) is 0 Å². The summed E-state index contributed by atoms with van der Waals surface area (Å²) < 4.78 is 0. The van der Waals surface area contributed by atoms with Gasteiger partial charge in [0.05, 0.1) is 12.1 Å². The van der Waals surface area contributed by atoms with Gasteiger partial charge < -0.3 is 9.88 Å². The standard InChI is InChI=1S/C18H19ClN4O/c1-10-13(11(2)22-21-10)8-18(24)23-6-5-17-15(9-23)14-7-12(19)3-4-16(14)20-17/h3-4,7,20H,5-6,8-9H2,1-2H3,(H,21,22). The van der Waals surface area contributed by atoms with Crippen molar-refractivity contribution in [3.63, 3.8) is 0 Å². The molecule has 3 heterocycles. The monoisotopic (exact) mass is 342 g/mol. The zero-order valence-corrected chi connectivity index (χ0v) is 14.5. The first-order valence-electron chi connectivity index (χ1n) is 8.10. The maximum absolute atomic E-state index is 12.8. The van der Waals surface area contributed by atoms with Gasteiger partial charge in [-0.2, -0.15) is 5.10 Å². The SMILES string of the molecule is Cc1n[nH]c(C)c1CC(=O)N1CCc2[nH]c3ccc(Cl)cc3c2C1. The molecule has 5 nitrogen and oxygen atoms in total. The molecule has 2 N–H and O–H groups in total. The Bertz CT molecular complexity index is 921. The van der Waals surface area contributed by atoms with Gasteiger partial charge in [-0.25, -0.2) is 0 Å². The van der Waals surface area contributed by atoms with Crippen molar-refractivity contribution in [2.45, 2.75) is 33.2 Å². The van der Waals surface area contributed by atoms with E-state index in [1.165, 1.54) is 11.3 Å². The fourth-order valence-electron chi connectivity index (χ4n) is 3.50. The number of aromatic amines is 2. The van der Waals surface area contributed by atoms with E-state index in [1.807, 2.05) is 36.9 Å². The number of fused-ring (bicyclic) bond motifs is 3. The lowest BCUT2D eigenvalue weighted by Crippen LogP contribution is -2.36. The van der Waals surface area contributed by atoms with E-state index in [0.29, 0.717) is 13.0 Å². The molecular weight excluding hydrogens is 324 g/mol. The second-order valence-corrected chi connectivity index (χ2v) is 6.86. The van der Waals surface area contributed by atoms with Gasteiger partial charge in [0, 0.05) is 58.0 Å². The average Bonchev–Trinajstić information content (AvgIpc) is 3.08. The van der Waals surface area contributed by atoms with Crippen LogP contribution in [-0.2, 0) is 24.2 Å². The average molecular weight is 343 g/mol. The van der Waals surface area contributed by atoms with Gasteiger partial charge in [-0.3, -0.25) is 9.89 Å². The lowest BCUT2D eigenvalue weighted by molar-refractivity contribution is -0.131. The highest BCUT2D eigenvalue weighted by molar-refractivity contribution is 6.31. The van der Waals surface area contributed by atoms with Crippen molar-refractivity contribution in [3.8, 4) is 0 Å². The van der Waals surface area contributed by atoms with E-state index in [1.54, 1.807) is 0 Å². The molecule has 0 atom stereocenters. The third-order valence-electron chi connectivity index (χ3n) is 4.90. The molecular formula is C18H19ClN4O. The topological polar surface area (TPSA) is 64.8 Å². The van der Waals surface area contributed by atoms with Gasteiger partial charge >= 0.3 is 0 Å². The van der Waals surface area contributed by atoms with Crippen LogP contribution in [0.25, 0.3) is 10.9 Å². The minimum absolute atomic E-state index is 0.143. The third kappa shape index (κ3) is 2.49. The molecule has 0 aliphatic carbocycles. The van der Waals surface area contributed by atoms with Gasteiger partial charge in [0.2, 0.25) is 5.91 Å². The van der Waals surface area contributed by atoms with Crippen molar-refractivity contribution in [1.82, 2.24) is 20.1 Å². The van der Waals surface area contributed by atoms with Crippen molar-refractivity contribution >= 4 is 28.4 Å². The molecule has 0 saturated heterocycles. The van der Waals surface area contributed by atoms with E-state index in [0.717, 1.165) is 45.8 Å². The minimum Gasteiger partial charge on any atom is -0.358 e. The molecule has 24 heavy (non-hydrogen) atoms. The fraction of sp³-hybridized carbons (Fsp3) is 0.333. The molecule has 6 heteroatoms. The summed E-state index contributed by atoms with van der Waals surface area (Å²) in [5.41, 5.74) is 6.36. The molecule has 0 unspecified atom stereocenters. The Morgan fingerprint density at radius 2 is 2.21 bits per heavy atom. The summed E-state index contributed by atoms with van der Waals surface area (Å²) in [4.78, 5) is 18.1. The molecule has 1 aliphatic heterocycles. The first kappa shape index (κ1) is 15.3. The molecule has 0 fully saturated rings. The van der Waals surface area contributed by atoms with Gasteiger partial charge in [-0.1, -0.05) is 11.6 Å². The number of aryl methyl sites for hydroxylation is 2. The Kier molecular flexibility index (Phi) is 3.61. The number of aromatic nitrogens is 3. The Hall–Kier alpha value is -2.27. The fourth-order valence-corrected chi connectivity index (χ4v) is 3.67. The number of benzene rings is 1. The summed E-state index contributed by atoms with van der Waals surface area (Å²) in [6.07, 6.45) is 1.24. The normalized spacial score (nSPS) is 14.2. The van der Waals surface area contributed by atoms with Gasteiger partial charge in [-0.15, -0.1) is 0 Å². The van der Waals surface area contributed by atoms with E-state index >= 15 is 0 Å². The minimum atomic E-state index is 0.143. The lowest BCUT2D eigenvalue weighted by Gasteiger charge is -2.27. The number of carbonyl (C=O) groups is 1. The Morgan fingerprint density at radius 3 is 2.96 bits per heavy atom. The number of carbonyl (C=O) groups excluding carboxylic acids is 1. The second kappa shape index (κ2) is 5.67. The van der Waals surface area contributed by atoms with Crippen LogP contribution in [0.3, 0.4) is 0 Å². The highest BCUT2D eigenvalue weighted by atomic mass is 35.5. The Balaban J connectivity index is 1.60. The maximum atomic E-state index is 12.8. The zero-order valence-electron chi connectivity index (χ0n) is 13.7. The number of amides is 1. The van der Waals surface area contributed by atoms with Crippen LogP contribution < -0.4 is 0 Å². The van der Waals surface area contributed by atoms with E-state index in [9.17, 15) is 4.79 Å². The molecule has 1 aliphatic rings. The van der Waals surface area contributed by atoms with Gasteiger partial charge in [-0.05, 0) is 32.0 Å². The van der Waals surface area contributed by atoms with Crippen molar-refractivity contribution in [2.75, 3.05) is 6.54 Å². The van der Waals surface area contributed by atoms with Crippen molar-refractivity contribution < 1.29 is 4.79 Å². The van der Waals surface area contributed by atoms with Crippen LogP contribution in [0.1, 0.15) is 28.2 Å². The Morgan fingerprint density at radius 1 is 1.38 bits per heavy atom. The van der Waals surface area contributed by atoms with Crippen LogP contribution in [-0.4, -0.2) is 32.5 Å². The highest BCUT2D eigenvalue weighted by Gasteiger charge is 2.25. The van der Waals surface area contributed by atoms with Crippen molar-refractivity contribution in [3.05, 3.63) is 51.4 Å². The smallest absolute Gasteiger partial charge is 0.227 e. The predicted octanol–water partition coefficient (Wildman–Crippen LogP) is 3.29. The summed E-state index contributed by atoms with van der Waals surface area (Å²) in [5.74, 6) is 0.143. The second-order valence-electron chi connectivity index (χ2n) is 6.43. The molecule has 1 aromatic carbocycles. The molecule has 4 rings (SSSR count). The number of halogens is 1. The summed E-state index contributed by atoms with van der Waals surface area (Å²) in [6, 6.07) is 5.87. The summed E-state index contributed by atoms with van der Waals surface area (Å²) in [6.45, 7) is 5.26. The van der Waals surface area contributed by atoms with Crippen molar-refractivity contribution in [2.24, 2.45) is 0 Å². The van der Waals surface area contributed by atoms with E-state index in [2.05, 4.69) is 15.2 Å². The summed E-state index contributed by atoms with van der Waals surface area (Å²) in [5, 5.41) is 8.96. The molecule has 3 aromatic rings. The maximum Gasteiger partial charge on any atom is 0.227 e. The number of nitrogens with zero attached hydrogens (tertiary/aromatic N) is 2. The quantitative estimate of drug-likeness (QED) is 0.750. The summed E-state index contributed by atoms with van der Waals surface area (Å²) in [7, 11) is 0. The van der Waals surface area contributed by atoms with E-state index in [4.69, 9.17) is 11.6 Å². The molecule has 0 bridgehead atoms. The Labute approximate surface area is 145 Å². The first-order chi connectivity index (χ1) is 11.5. The zero-order chi connectivity index (χ0) is 16.8. The van der Waals surface area contributed by atoms with Gasteiger partial charge in [0.25, 0.3) is 0 Å². The predicted molar refractivity (Wildman–Crippen MR) is 94.2 cm³/mol. The van der Waals surface area contributed by atoms with E-state index in [-0.39, 0.29) is 5.91 Å². The molecule has 0 spiro atoms. The highest BCUT2D eigenvalue weighted by Crippen LogP contribution is 2.30. The number of nitrogens with one attached hydrogen (secondary N) is 2. The van der Waals surface area contributed by atoms with Crippen LogP contribution >= 0.6 is 11.6 Å². The molecule has 0 saturated carbocycles. The van der Waals surface area contributed by atoms with Crippen LogP contribution in [0.5, 0.6) is 0 Å². The molecule has 0 radical (unpaired) electrons. The third-order valence-corrected chi connectivity index (χ3v) is 5.13. The number of H-pyrrole nitrogens is 2. The number of rotatable bonds is 2.